The fourth-order valence-electron chi connectivity index (χ4n) is 2.52. The molecule has 1 saturated heterocycles. The molecule has 0 aliphatic carbocycles. The normalized spacial score (nSPS) is 21.8. The van der Waals surface area contributed by atoms with Gasteiger partial charge in [0.05, 0.1) is 11.4 Å². The second-order valence-electron chi connectivity index (χ2n) is 5.04. The number of halogens is 1. The zero-order chi connectivity index (χ0) is 14.5. The number of rotatable bonds is 4. The van der Waals surface area contributed by atoms with Gasteiger partial charge in [-0.1, -0.05) is 53.2 Å². The highest BCUT2D eigenvalue weighted by Crippen LogP contribution is 2.26. The van der Waals surface area contributed by atoms with Gasteiger partial charge >= 0.3 is 6.09 Å². The van der Waals surface area contributed by atoms with E-state index in [-0.39, 0.29) is 29.7 Å². The van der Waals surface area contributed by atoms with E-state index < -0.39 is 6.09 Å². The van der Waals surface area contributed by atoms with Crippen LogP contribution in [0.3, 0.4) is 0 Å². The van der Waals surface area contributed by atoms with Gasteiger partial charge in [-0.15, -0.1) is 0 Å². The van der Waals surface area contributed by atoms with Crippen LogP contribution in [0.25, 0.3) is 0 Å². The molecule has 1 fully saturated rings. The van der Waals surface area contributed by atoms with Crippen molar-refractivity contribution < 1.29 is 14.3 Å². The minimum Gasteiger partial charge on any atom is -0.445 e. The van der Waals surface area contributed by atoms with E-state index >= 15 is 0 Å². The summed E-state index contributed by atoms with van der Waals surface area (Å²) in [6.07, 6.45) is 0.432. The van der Waals surface area contributed by atoms with Crippen LogP contribution in [0.4, 0.5) is 4.79 Å². The summed E-state index contributed by atoms with van der Waals surface area (Å²) in [5, 5.41) is 0.268. The molecule has 2 unspecified atom stereocenters. The minimum absolute atomic E-state index is 0.0339. The van der Waals surface area contributed by atoms with Gasteiger partial charge in [-0.25, -0.2) is 4.79 Å². The molecule has 0 N–H and O–H groups in total. The smallest absolute Gasteiger partial charge is 0.410 e. The number of carbonyl (C=O) groups is 2. The summed E-state index contributed by atoms with van der Waals surface area (Å²) in [4.78, 5) is 25.6. The third-order valence-electron chi connectivity index (χ3n) is 3.60. The lowest BCUT2D eigenvalue weighted by Gasteiger charge is -2.24. The fraction of sp³-hybridized carbons (Fsp3) is 0.467. The molecule has 0 bridgehead atoms. The van der Waals surface area contributed by atoms with Crippen LogP contribution < -0.4 is 0 Å². The zero-order valence-electron chi connectivity index (χ0n) is 11.4. The average molecular weight is 340 g/mol. The number of alkyl halides is 1. The highest BCUT2D eigenvalue weighted by molar-refractivity contribution is 9.09. The molecule has 1 aliphatic heterocycles. The minimum atomic E-state index is -0.405. The average Bonchev–Trinajstić information content (AvgIpc) is 2.87. The molecule has 1 heterocycles. The van der Waals surface area contributed by atoms with Crippen LogP contribution in [-0.2, 0) is 16.1 Å². The number of benzene rings is 1. The van der Waals surface area contributed by atoms with E-state index in [1.165, 1.54) is 0 Å². The Balaban J connectivity index is 1.96. The van der Waals surface area contributed by atoms with Gasteiger partial charge < -0.3 is 4.74 Å². The van der Waals surface area contributed by atoms with E-state index in [1.807, 2.05) is 37.3 Å². The van der Waals surface area contributed by atoms with Crippen molar-refractivity contribution >= 4 is 27.8 Å². The molecule has 20 heavy (non-hydrogen) atoms. The third-order valence-corrected chi connectivity index (χ3v) is 4.15. The van der Waals surface area contributed by atoms with Crippen molar-refractivity contribution in [1.29, 1.82) is 0 Å². The maximum atomic E-state index is 12.1. The SMILES string of the molecule is CC1CCN(C(=O)OCc2ccccc2)C1C(=O)CBr. The molecule has 2 atom stereocenters. The van der Waals surface area contributed by atoms with E-state index in [0.29, 0.717) is 6.54 Å². The Labute approximate surface area is 127 Å². The molecule has 4 nitrogen and oxygen atoms in total. The van der Waals surface area contributed by atoms with Crippen molar-refractivity contribution in [3.63, 3.8) is 0 Å². The predicted molar refractivity (Wildman–Crippen MR) is 79.7 cm³/mol. The predicted octanol–water partition coefficient (Wildman–Crippen LogP) is 3.00. The summed E-state index contributed by atoms with van der Waals surface area (Å²) in [7, 11) is 0. The molecular weight excluding hydrogens is 322 g/mol. The first-order valence-electron chi connectivity index (χ1n) is 6.69. The van der Waals surface area contributed by atoms with Crippen LogP contribution in [0.2, 0.25) is 0 Å². The number of nitrogens with zero attached hydrogens (tertiary/aromatic N) is 1. The molecule has 0 radical (unpaired) electrons. The van der Waals surface area contributed by atoms with Gasteiger partial charge in [0.2, 0.25) is 0 Å². The van der Waals surface area contributed by atoms with Gasteiger partial charge in [0.15, 0.2) is 5.78 Å². The number of likely N-dealkylation sites (tertiary alicyclic amines) is 1. The number of ketones is 1. The van der Waals surface area contributed by atoms with Crippen LogP contribution in [0, 0.1) is 5.92 Å². The van der Waals surface area contributed by atoms with E-state index in [2.05, 4.69) is 15.9 Å². The van der Waals surface area contributed by atoms with Gasteiger partial charge in [-0.3, -0.25) is 9.69 Å². The quantitative estimate of drug-likeness (QED) is 0.792. The van der Waals surface area contributed by atoms with Crippen LogP contribution in [0.1, 0.15) is 18.9 Å². The molecule has 108 valence electrons. The lowest BCUT2D eigenvalue weighted by molar-refractivity contribution is -0.121. The van der Waals surface area contributed by atoms with Crippen LogP contribution >= 0.6 is 15.9 Å². The molecule has 1 amide bonds. The van der Waals surface area contributed by atoms with E-state index in [1.54, 1.807) is 4.90 Å². The lowest BCUT2D eigenvalue weighted by Crippen LogP contribution is -2.43. The Hall–Kier alpha value is -1.36. The van der Waals surface area contributed by atoms with Crippen LogP contribution in [0.15, 0.2) is 30.3 Å². The van der Waals surface area contributed by atoms with Crippen molar-refractivity contribution in [3.05, 3.63) is 35.9 Å². The highest BCUT2D eigenvalue weighted by atomic mass is 79.9. The summed E-state index contributed by atoms with van der Waals surface area (Å²) in [5.74, 6) is 0.219. The van der Waals surface area contributed by atoms with E-state index in [0.717, 1.165) is 12.0 Å². The second kappa shape index (κ2) is 6.88. The maximum absolute atomic E-state index is 12.1. The first kappa shape index (κ1) is 15.0. The van der Waals surface area contributed by atoms with Crippen molar-refractivity contribution in [2.75, 3.05) is 11.9 Å². The number of amides is 1. The zero-order valence-corrected chi connectivity index (χ0v) is 13.0. The summed E-state index contributed by atoms with van der Waals surface area (Å²) in [6.45, 7) is 2.81. The largest absolute Gasteiger partial charge is 0.445 e. The monoisotopic (exact) mass is 339 g/mol. The number of hydrogen-bond acceptors (Lipinski definition) is 3. The first-order chi connectivity index (χ1) is 9.63. The molecule has 1 aromatic carbocycles. The molecular formula is C15H18BrNO3. The van der Waals surface area contributed by atoms with Crippen LogP contribution in [0.5, 0.6) is 0 Å². The highest BCUT2D eigenvalue weighted by Gasteiger charge is 2.39. The topological polar surface area (TPSA) is 46.6 Å². The molecule has 2 rings (SSSR count). The lowest BCUT2D eigenvalue weighted by atomic mass is 10.00. The third kappa shape index (κ3) is 3.39. The van der Waals surface area contributed by atoms with Gasteiger partial charge in [-0.05, 0) is 17.9 Å². The summed E-state index contributed by atoms with van der Waals surface area (Å²) < 4.78 is 5.30. The van der Waals surface area contributed by atoms with Crippen molar-refractivity contribution in [1.82, 2.24) is 4.90 Å². The number of ether oxygens (including phenoxy) is 1. The number of hydrogen-bond donors (Lipinski definition) is 0. The van der Waals surface area contributed by atoms with Gasteiger partial charge in [-0.2, -0.15) is 0 Å². The van der Waals surface area contributed by atoms with E-state index in [9.17, 15) is 9.59 Å². The van der Waals surface area contributed by atoms with Gasteiger partial charge in [0, 0.05) is 6.54 Å². The number of Topliss-reactive ketones (excluding diaryl/α,β-unsaturated/α-hetero) is 1. The first-order valence-corrected chi connectivity index (χ1v) is 7.81. The molecule has 5 heteroatoms. The Bertz CT molecular complexity index is 477. The molecule has 0 aromatic heterocycles. The van der Waals surface area contributed by atoms with Crippen LogP contribution in [-0.4, -0.2) is 34.7 Å². The Morgan fingerprint density at radius 3 is 2.70 bits per heavy atom. The Morgan fingerprint density at radius 1 is 1.35 bits per heavy atom. The van der Waals surface area contributed by atoms with Crippen molar-refractivity contribution in [2.24, 2.45) is 5.92 Å². The van der Waals surface area contributed by atoms with Crippen molar-refractivity contribution in [2.45, 2.75) is 26.0 Å². The molecule has 0 spiro atoms. The molecule has 1 aliphatic rings. The fourth-order valence-corrected chi connectivity index (χ4v) is 2.86. The standard InChI is InChI=1S/C15H18BrNO3/c1-11-7-8-17(14(11)13(18)9-16)15(19)20-10-12-5-3-2-4-6-12/h2-6,11,14H,7-10H2,1H3. The summed E-state index contributed by atoms with van der Waals surface area (Å²) >= 11 is 3.18. The van der Waals surface area contributed by atoms with Gasteiger partial charge in [0.25, 0.3) is 0 Å². The van der Waals surface area contributed by atoms with Crippen molar-refractivity contribution in [3.8, 4) is 0 Å². The van der Waals surface area contributed by atoms with Gasteiger partial charge in [0.1, 0.15) is 6.61 Å². The molecule has 0 saturated carbocycles. The number of carbonyl (C=O) groups excluding carboxylic acids is 2. The summed E-state index contributed by atoms with van der Waals surface area (Å²) in [6, 6.07) is 9.16. The summed E-state index contributed by atoms with van der Waals surface area (Å²) in [5.41, 5.74) is 0.941. The second-order valence-corrected chi connectivity index (χ2v) is 5.61. The maximum Gasteiger partial charge on any atom is 0.410 e. The van der Waals surface area contributed by atoms with E-state index in [4.69, 9.17) is 4.74 Å². The Morgan fingerprint density at radius 2 is 2.05 bits per heavy atom. The Kier molecular flexibility index (Phi) is 5.17. The molecule has 1 aromatic rings.